The average molecular weight is 290 g/mol. The number of carbonyl (C=O) groups is 2. The molecule has 0 aromatic heterocycles. The highest BCUT2D eigenvalue weighted by molar-refractivity contribution is 6.10. The van der Waals surface area contributed by atoms with E-state index < -0.39 is 17.4 Å². The molecule has 3 rings (SSSR count). The number of hydrogen-bond acceptors (Lipinski definition) is 2. The zero-order valence-electron chi connectivity index (χ0n) is 12.3. The van der Waals surface area contributed by atoms with Crippen molar-refractivity contribution in [2.45, 2.75) is 51.1 Å². The van der Waals surface area contributed by atoms with E-state index in [0.717, 1.165) is 18.4 Å². The number of hydrogen-bond donors (Lipinski definition) is 1. The molecule has 1 N–H and O–H groups in total. The molecule has 0 radical (unpaired) electrons. The SMILES string of the molecule is Cc1cc(F)cc(N2C(=O)C3(CCCC3)NC(=O)C2C)c1. The zero-order chi connectivity index (χ0) is 15.2. The van der Waals surface area contributed by atoms with E-state index in [2.05, 4.69) is 5.32 Å². The molecule has 2 aliphatic rings. The maximum atomic E-state index is 13.7. The lowest BCUT2D eigenvalue weighted by atomic mass is 9.90. The van der Waals surface area contributed by atoms with E-state index in [1.165, 1.54) is 17.0 Å². The summed E-state index contributed by atoms with van der Waals surface area (Å²) in [6.07, 6.45) is 3.18. The van der Waals surface area contributed by atoms with Crippen molar-refractivity contribution in [3.05, 3.63) is 29.6 Å². The molecule has 112 valence electrons. The first-order chi connectivity index (χ1) is 9.93. The second-order valence-electron chi connectivity index (χ2n) is 6.12. The van der Waals surface area contributed by atoms with E-state index in [4.69, 9.17) is 0 Å². The Morgan fingerprint density at radius 1 is 1.24 bits per heavy atom. The first-order valence-corrected chi connectivity index (χ1v) is 7.36. The van der Waals surface area contributed by atoms with E-state index in [-0.39, 0.29) is 11.8 Å². The van der Waals surface area contributed by atoms with Crippen LogP contribution in [0.3, 0.4) is 0 Å². The number of nitrogens with zero attached hydrogens (tertiary/aromatic N) is 1. The summed E-state index contributed by atoms with van der Waals surface area (Å²) < 4.78 is 13.7. The van der Waals surface area contributed by atoms with Crippen LogP contribution >= 0.6 is 0 Å². The molecule has 1 spiro atoms. The number of amides is 2. The second kappa shape index (κ2) is 4.83. The zero-order valence-corrected chi connectivity index (χ0v) is 12.3. The molecule has 1 aliphatic carbocycles. The summed E-state index contributed by atoms with van der Waals surface area (Å²) in [5, 5.41) is 2.90. The molecule has 2 amide bonds. The van der Waals surface area contributed by atoms with Gasteiger partial charge in [-0.05, 0) is 50.5 Å². The van der Waals surface area contributed by atoms with Crippen LogP contribution in [0.4, 0.5) is 10.1 Å². The number of piperazine rings is 1. The molecule has 1 saturated heterocycles. The Kier molecular flexibility index (Phi) is 3.23. The largest absolute Gasteiger partial charge is 0.340 e. The quantitative estimate of drug-likeness (QED) is 0.862. The van der Waals surface area contributed by atoms with Gasteiger partial charge in [0.05, 0.1) is 0 Å². The van der Waals surface area contributed by atoms with Crippen molar-refractivity contribution in [1.82, 2.24) is 5.32 Å². The van der Waals surface area contributed by atoms with Gasteiger partial charge in [-0.3, -0.25) is 14.5 Å². The van der Waals surface area contributed by atoms with Crippen LogP contribution in [0.15, 0.2) is 18.2 Å². The van der Waals surface area contributed by atoms with Gasteiger partial charge in [-0.25, -0.2) is 4.39 Å². The molecule has 1 unspecified atom stereocenters. The maximum Gasteiger partial charge on any atom is 0.253 e. The summed E-state index contributed by atoms with van der Waals surface area (Å²) in [6.45, 7) is 3.45. The Bertz CT molecular complexity index is 588. The lowest BCUT2D eigenvalue weighted by Crippen LogP contribution is -2.69. The Balaban J connectivity index is 2.05. The van der Waals surface area contributed by atoms with Crippen LogP contribution in [0, 0.1) is 12.7 Å². The van der Waals surface area contributed by atoms with Crippen LogP contribution in [-0.4, -0.2) is 23.4 Å². The summed E-state index contributed by atoms with van der Waals surface area (Å²) in [5.74, 6) is -0.674. The van der Waals surface area contributed by atoms with Crippen molar-refractivity contribution < 1.29 is 14.0 Å². The van der Waals surface area contributed by atoms with E-state index >= 15 is 0 Å². The lowest BCUT2D eigenvalue weighted by molar-refractivity contribution is -0.137. The Hall–Kier alpha value is -1.91. The highest BCUT2D eigenvalue weighted by Gasteiger charge is 2.51. The van der Waals surface area contributed by atoms with Crippen LogP contribution in [-0.2, 0) is 9.59 Å². The third kappa shape index (κ3) is 2.20. The molecule has 1 aliphatic heterocycles. The highest BCUT2D eigenvalue weighted by Crippen LogP contribution is 2.36. The monoisotopic (exact) mass is 290 g/mol. The summed E-state index contributed by atoms with van der Waals surface area (Å²) in [6, 6.07) is 3.86. The van der Waals surface area contributed by atoms with Gasteiger partial charge < -0.3 is 5.32 Å². The topological polar surface area (TPSA) is 49.4 Å². The molecule has 21 heavy (non-hydrogen) atoms. The number of anilines is 1. The molecule has 4 nitrogen and oxygen atoms in total. The van der Waals surface area contributed by atoms with Gasteiger partial charge in [-0.1, -0.05) is 12.8 Å². The van der Waals surface area contributed by atoms with Crippen LogP contribution in [0.5, 0.6) is 0 Å². The van der Waals surface area contributed by atoms with Crippen LogP contribution < -0.4 is 10.2 Å². The van der Waals surface area contributed by atoms with Crippen molar-refractivity contribution in [2.24, 2.45) is 0 Å². The lowest BCUT2D eigenvalue weighted by Gasteiger charge is -2.43. The molecule has 5 heteroatoms. The Labute approximate surface area is 123 Å². The van der Waals surface area contributed by atoms with Crippen LogP contribution in [0.1, 0.15) is 38.2 Å². The number of aryl methyl sites for hydroxylation is 1. The number of carbonyl (C=O) groups excluding carboxylic acids is 2. The predicted molar refractivity (Wildman–Crippen MR) is 77.4 cm³/mol. The van der Waals surface area contributed by atoms with Crippen molar-refractivity contribution in [2.75, 3.05) is 4.90 Å². The Morgan fingerprint density at radius 3 is 2.52 bits per heavy atom. The minimum absolute atomic E-state index is 0.114. The van der Waals surface area contributed by atoms with Gasteiger partial charge in [0, 0.05) is 5.69 Å². The number of benzene rings is 1. The fourth-order valence-electron chi connectivity index (χ4n) is 3.43. The second-order valence-corrected chi connectivity index (χ2v) is 6.12. The molecule has 1 saturated carbocycles. The first kappa shape index (κ1) is 14.0. The number of halogens is 1. The fourth-order valence-corrected chi connectivity index (χ4v) is 3.43. The number of nitrogens with one attached hydrogen (secondary N) is 1. The highest BCUT2D eigenvalue weighted by atomic mass is 19.1. The third-order valence-corrected chi connectivity index (χ3v) is 4.52. The fraction of sp³-hybridized carbons (Fsp3) is 0.500. The van der Waals surface area contributed by atoms with Crippen molar-refractivity contribution >= 4 is 17.5 Å². The van der Waals surface area contributed by atoms with Crippen molar-refractivity contribution in [3.63, 3.8) is 0 Å². The molecule has 1 aromatic rings. The van der Waals surface area contributed by atoms with Gasteiger partial charge in [0.15, 0.2) is 0 Å². The first-order valence-electron chi connectivity index (χ1n) is 7.36. The van der Waals surface area contributed by atoms with Gasteiger partial charge in [0.2, 0.25) is 5.91 Å². The molecule has 1 aromatic carbocycles. The third-order valence-electron chi connectivity index (χ3n) is 4.52. The van der Waals surface area contributed by atoms with E-state index in [0.29, 0.717) is 18.5 Å². The van der Waals surface area contributed by atoms with Gasteiger partial charge in [0.25, 0.3) is 5.91 Å². The molecule has 1 heterocycles. The van der Waals surface area contributed by atoms with Gasteiger partial charge in [0.1, 0.15) is 17.4 Å². The van der Waals surface area contributed by atoms with E-state index in [1.807, 2.05) is 0 Å². The summed E-state index contributed by atoms with van der Waals surface area (Å²) in [7, 11) is 0. The normalized spacial score (nSPS) is 24.5. The standard InChI is InChI=1S/C16H19FN2O2/c1-10-7-12(17)9-13(8-10)19-11(2)14(20)18-16(15(19)21)5-3-4-6-16/h7-9,11H,3-6H2,1-2H3,(H,18,20). The number of rotatable bonds is 1. The molecule has 1 atom stereocenters. The molecule has 0 bridgehead atoms. The van der Waals surface area contributed by atoms with Crippen LogP contribution in [0.2, 0.25) is 0 Å². The minimum atomic E-state index is -0.788. The van der Waals surface area contributed by atoms with Crippen molar-refractivity contribution in [1.29, 1.82) is 0 Å². The van der Waals surface area contributed by atoms with E-state index in [9.17, 15) is 14.0 Å². The van der Waals surface area contributed by atoms with Gasteiger partial charge in [-0.2, -0.15) is 0 Å². The van der Waals surface area contributed by atoms with Gasteiger partial charge in [-0.15, -0.1) is 0 Å². The van der Waals surface area contributed by atoms with Crippen LogP contribution in [0.25, 0.3) is 0 Å². The molecule has 2 fully saturated rings. The smallest absolute Gasteiger partial charge is 0.253 e. The maximum absolute atomic E-state index is 13.7. The summed E-state index contributed by atoms with van der Waals surface area (Å²) in [4.78, 5) is 26.6. The Morgan fingerprint density at radius 2 is 1.90 bits per heavy atom. The van der Waals surface area contributed by atoms with Crippen molar-refractivity contribution in [3.8, 4) is 0 Å². The summed E-state index contributed by atoms with van der Waals surface area (Å²) in [5.41, 5.74) is 0.409. The predicted octanol–water partition coefficient (Wildman–Crippen LogP) is 2.30. The van der Waals surface area contributed by atoms with Gasteiger partial charge >= 0.3 is 0 Å². The van der Waals surface area contributed by atoms with E-state index in [1.54, 1.807) is 19.9 Å². The summed E-state index contributed by atoms with van der Waals surface area (Å²) >= 11 is 0. The molecular formula is C16H19FN2O2. The molecular weight excluding hydrogens is 271 g/mol. The minimum Gasteiger partial charge on any atom is -0.340 e. The average Bonchev–Trinajstić information content (AvgIpc) is 2.85.